The van der Waals surface area contributed by atoms with Crippen LogP contribution in [0.5, 0.6) is 0 Å². The molecule has 0 aliphatic rings. The number of nitrogens with zero attached hydrogens (tertiary/aromatic N) is 1. The third-order valence-corrected chi connectivity index (χ3v) is 3.04. The van der Waals surface area contributed by atoms with Crippen molar-refractivity contribution < 1.29 is 4.92 Å². The molecule has 0 atom stereocenters. The number of aryl methyl sites for hydroxylation is 1. The van der Waals surface area contributed by atoms with Crippen molar-refractivity contribution in [3.05, 3.63) is 58.1 Å². The predicted molar refractivity (Wildman–Crippen MR) is 70.5 cm³/mol. The number of nitro groups is 1. The first kappa shape index (κ1) is 11.7. The summed E-state index contributed by atoms with van der Waals surface area (Å²) < 4.78 is 0. The van der Waals surface area contributed by atoms with E-state index in [1.165, 1.54) is 6.07 Å². The van der Waals surface area contributed by atoms with Crippen LogP contribution in [0.15, 0.2) is 47.4 Å². The Bertz CT molecular complexity index is 564. The molecule has 0 saturated carbocycles. The van der Waals surface area contributed by atoms with Gasteiger partial charge in [0.05, 0.1) is 9.82 Å². The Morgan fingerprint density at radius 3 is 2.35 bits per heavy atom. The molecular weight excluding hydrogens is 234 g/mol. The second-order valence-electron chi connectivity index (χ2n) is 3.80. The van der Waals surface area contributed by atoms with E-state index in [9.17, 15) is 10.1 Å². The van der Waals surface area contributed by atoms with Crippen LogP contribution in [0.1, 0.15) is 5.56 Å². The zero-order valence-electron chi connectivity index (χ0n) is 9.25. The standard InChI is InChI=1S/C13H11NO2S/c1-9-5-7-10(8-6-9)11-3-2-4-12(13(11)17)14(15)16/h2-8,17H,1H3. The monoisotopic (exact) mass is 245 g/mol. The Morgan fingerprint density at radius 2 is 1.76 bits per heavy atom. The molecule has 0 aliphatic heterocycles. The van der Waals surface area contributed by atoms with Gasteiger partial charge in [-0.15, -0.1) is 12.6 Å². The summed E-state index contributed by atoms with van der Waals surface area (Å²) in [5.74, 6) is 0. The molecular formula is C13H11NO2S. The number of benzene rings is 2. The van der Waals surface area contributed by atoms with Crippen molar-refractivity contribution >= 4 is 18.3 Å². The molecule has 3 nitrogen and oxygen atoms in total. The largest absolute Gasteiger partial charge is 0.283 e. The van der Waals surface area contributed by atoms with Crippen LogP contribution in [0.4, 0.5) is 5.69 Å². The van der Waals surface area contributed by atoms with E-state index < -0.39 is 4.92 Å². The Balaban J connectivity index is 2.56. The van der Waals surface area contributed by atoms with E-state index >= 15 is 0 Å². The molecule has 0 bridgehead atoms. The number of thiol groups is 1. The lowest BCUT2D eigenvalue weighted by molar-refractivity contribution is -0.387. The highest BCUT2D eigenvalue weighted by Crippen LogP contribution is 2.33. The second-order valence-corrected chi connectivity index (χ2v) is 4.24. The van der Waals surface area contributed by atoms with Crippen molar-refractivity contribution in [1.29, 1.82) is 0 Å². The molecule has 2 rings (SSSR count). The third-order valence-electron chi connectivity index (χ3n) is 2.57. The van der Waals surface area contributed by atoms with Gasteiger partial charge in [0.2, 0.25) is 0 Å². The predicted octanol–water partition coefficient (Wildman–Crippen LogP) is 3.86. The summed E-state index contributed by atoms with van der Waals surface area (Å²) in [6.07, 6.45) is 0. The molecule has 17 heavy (non-hydrogen) atoms. The summed E-state index contributed by atoms with van der Waals surface area (Å²) >= 11 is 4.25. The quantitative estimate of drug-likeness (QED) is 0.496. The van der Waals surface area contributed by atoms with Crippen LogP contribution in [0.3, 0.4) is 0 Å². The van der Waals surface area contributed by atoms with Gasteiger partial charge in [0.1, 0.15) is 0 Å². The fraction of sp³-hybridized carbons (Fsp3) is 0.0769. The normalized spacial score (nSPS) is 10.2. The van der Waals surface area contributed by atoms with Crippen molar-refractivity contribution in [2.75, 3.05) is 0 Å². The zero-order valence-corrected chi connectivity index (χ0v) is 10.1. The first-order chi connectivity index (χ1) is 8.09. The van der Waals surface area contributed by atoms with Crippen molar-refractivity contribution in [3.8, 4) is 11.1 Å². The Hall–Kier alpha value is -1.81. The third kappa shape index (κ3) is 2.31. The lowest BCUT2D eigenvalue weighted by atomic mass is 10.0. The van der Waals surface area contributed by atoms with E-state index in [0.29, 0.717) is 4.90 Å². The van der Waals surface area contributed by atoms with Crippen LogP contribution < -0.4 is 0 Å². The van der Waals surface area contributed by atoms with Crippen molar-refractivity contribution in [2.45, 2.75) is 11.8 Å². The van der Waals surface area contributed by atoms with Crippen molar-refractivity contribution in [1.82, 2.24) is 0 Å². The van der Waals surface area contributed by atoms with Crippen LogP contribution in [0.2, 0.25) is 0 Å². The highest BCUT2D eigenvalue weighted by Gasteiger charge is 2.14. The molecule has 0 N–H and O–H groups in total. The van der Waals surface area contributed by atoms with Gasteiger partial charge in [-0.25, -0.2) is 0 Å². The average molecular weight is 245 g/mol. The van der Waals surface area contributed by atoms with E-state index in [4.69, 9.17) is 0 Å². The molecule has 0 spiro atoms. The summed E-state index contributed by atoms with van der Waals surface area (Å²) in [6, 6.07) is 12.8. The minimum absolute atomic E-state index is 0.0337. The Morgan fingerprint density at radius 1 is 1.12 bits per heavy atom. The molecule has 4 heteroatoms. The van der Waals surface area contributed by atoms with Gasteiger partial charge in [-0.2, -0.15) is 0 Å². The fourth-order valence-electron chi connectivity index (χ4n) is 1.64. The molecule has 0 aliphatic carbocycles. The maximum atomic E-state index is 10.8. The fourth-order valence-corrected chi connectivity index (χ4v) is 2.00. The molecule has 86 valence electrons. The second kappa shape index (κ2) is 4.59. The van der Waals surface area contributed by atoms with E-state index in [1.807, 2.05) is 37.3 Å². The Labute approximate surface area is 105 Å². The maximum absolute atomic E-state index is 10.8. The number of hydrogen-bond donors (Lipinski definition) is 1. The van der Waals surface area contributed by atoms with E-state index in [2.05, 4.69) is 12.6 Å². The van der Waals surface area contributed by atoms with Gasteiger partial charge in [-0.1, -0.05) is 42.0 Å². The van der Waals surface area contributed by atoms with E-state index in [0.717, 1.165) is 16.7 Å². The summed E-state index contributed by atoms with van der Waals surface area (Å²) in [5.41, 5.74) is 2.90. The van der Waals surface area contributed by atoms with Gasteiger partial charge in [0, 0.05) is 11.6 Å². The lowest BCUT2D eigenvalue weighted by Crippen LogP contribution is -1.91. The lowest BCUT2D eigenvalue weighted by Gasteiger charge is -2.06. The van der Waals surface area contributed by atoms with E-state index in [1.54, 1.807) is 6.07 Å². The molecule has 0 unspecified atom stereocenters. The molecule has 0 saturated heterocycles. The van der Waals surface area contributed by atoms with Gasteiger partial charge in [-0.3, -0.25) is 10.1 Å². The van der Waals surface area contributed by atoms with Crippen LogP contribution >= 0.6 is 12.6 Å². The first-order valence-corrected chi connectivity index (χ1v) is 5.57. The molecule has 0 radical (unpaired) electrons. The highest BCUT2D eigenvalue weighted by molar-refractivity contribution is 7.80. The number of nitro benzene ring substituents is 1. The van der Waals surface area contributed by atoms with Crippen LogP contribution in [0, 0.1) is 17.0 Å². The van der Waals surface area contributed by atoms with Gasteiger partial charge < -0.3 is 0 Å². The zero-order chi connectivity index (χ0) is 12.4. The average Bonchev–Trinajstić information content (AvgIpc) is 2.30. The number of rotatable bonds is 2. The SMILES string of the molecule is Cc1ccc(-c2cccc([N+](=O)[O-])c2S)cc1. The summed E-state index contributed by atoms with van der Waals surface area (Å²) in [7, 11) is 0. The summed E-state index contributed by atoms with van der Waals surface area (Å²) in [5, 5.41) is 10.8. The Kier molecular flexibility index (Phi) is 3.15. The number of hydrogen-bond acceptors (Lipinski definition) is 3. The van der Waals surface area contributed by atoms with Gasteiger partial charge in [0.15, 0.2) is 0 Å². The van der Waals surface area contributed by atoms with Crippen LogP contribution in [-0.2, 0) is 0 Å². The maximum Gasteiger partial charge on any atom is 0.283 e. The first-order valence-electron chi connectivity index (χ1n) is 5.13. The molecule has 0 aromatic heterocycles. The van der Waals surface area contributed by atoms with Crippen LogP contribution in [0.25, 0.3) is 11.1 Å². The molecule has 0 heterocycles. The summed E-state index contributed by atoms with van der Waals surface area (Å²) in [6.45, 7) is 2.00. The topological polar surface area (TPSA) is 43.1 Å². The van der Waals surface area contributed by atoms with Crippen molar-refractivity contribution in [2.24, 2.45) is 0 Å². The van der Waals surface area contributed by atoms with Gasteiger partial charge >= 0.3 is 0 Å². The van der Waals surface area contributed by atoms with Crippen molar-refractivity contribution in [3.63, 3.8) is 0 Å². The summed E-state index contributed by atoms with van der Waals surface area (Å²) in [4.78, 5) is 10.8. The molecule has 2 aromatic carbocycles. The molecule has 0 fully saturated rings. The minimum atomic E-state index is -0.417. The molecule has 0 amide bonds. The van der Waals surface area contributed by atoms with Gasteiger partial charge in [-0.05, 0) is 12.5 Å². The highest BCUT2D eigenvalue weighted by atomic mass is 32.1. The van der Waals surface area contributed by atoms with Gasteiger partial charge in [0.25, 0.3) is 5.69 Å². The minimum Gasteiger partial charge on any atom is -0.258 e. The van der Waals surface area contributed by atoms with Crippen LogP contribution in [-0.4, -0.2) is 4.92 Å². The van der Waals surface area contributed by atoms with E-state index in [-0.39, 0.29) is 5.69 Å². The smallest absolute Gasteiger partial charge is 0.258 e. The molecule has 2 aromatic rings.